The zero-order valence-electron chi connectivity index (χ0n) is 6.42. The predicted molar refractivity (Wildman–Crippen MR) is 36.0 cm³/mol. The van der Waals surface area contributed by atoms with Crippen LogP contribution in [0.4, 0.5) is 0 Å². The molecule has 0 aromatic carbocycles. The van der Waals surface area contributed by atoms with Crippen molar-refractivity contribution in [3.63, 3.8) is 0 Å². The summed E-state index contributed by atoms with van der Waals surface area (Å²) < 4.78 is 4.31. The lowest BCUT2D eigenvalue weighted by molar-refractivity contribution is -0.693. The summed E-state index contributed by atoms with van der Waals surface area (Å²) in [5.74, 6) is 0. The van der Waals surface area contributed by atoms with E-state index in [9.17, 15) is 0 Å². The van der Waals surface area contributed by atoms with Crippen molar-refractivity contribution in [1.82, 2.24) is 4.57 Å². The SMILES string of the molecule is CCn1cc[n+](CC)c1.[Cl-]. The average molecular weight is 161 g/mol. The van der Waals surface area contributed by atoms with Crippen LogP contribution in [0.1, 0.15) is 13.8 Å². The number of halogens is 1. The summed E-state index contributed by atoms with van der Waals surface area (Å²) in [7, 11) is 0. The van der Waals surface area contributed by atoms with E-state index in [2.05, 4.69) is 41.7 Å². The zero-order valence-corrected chi connectivity index (χ0v) is 7.17. The van der Waals surface area contributed by atoms with E-state index in [1.165, 1.54) is 0 Å². The van der Waals surface area contributed by atoms with Gasteiger partial charge in [-0.3, -0.25) is 0 Å². The molecule has 0 atom stereocenters. The number of aromatic nitrogens is 2. The minimum atomic E-state index is 0. The topological polar surface area (TPSA) is 8.81 Å². The molecule has 0 aliphatic carbocycles. The lowest BCUT2D eigenvalue weighted by Crippen LogP contribution is -3.00. The second-order valence-corrected chi connectivity index (χ2v) is 2.07. The highest BCUT2D eigenvalue weighted by molar-refractivity contribution is 4.64. The van der Waals surface area contributed by atoms with E-state index in [-0.39, 0.29) is 12.4 Å². The first kappa shape index (κ1) is 9.50. The van der Waals surface area contributed by atoms with Gasteiger partial charge in [0.15, 0.2) is 0 Å². The lowest BCUT2D eigenvalue weighted by Gasteiger charge is -1.84. The molecule has 3 heteroatoms. The third kappa shape index (κ3) is 2.03. The molecule has 1 aromatic rings. The van der Waals surface area contributed by atoms with Gasteiger partial charge in [0.2, 0.25) is 6.33 Å². The molecule has 0 spiro atoms. The maximum atomic E-state index is 2.16. The number of nitrogens with zero attached hydrogens (tertiary/aromatic N) is 2. The Labute approximate surface area is 67.9 Å². The molecular formula is C7H13ClN2. The summed E-state index contributed by atoms with van der Waals surface area (Å²) >= 11 is 0. The van der Waals surface area contributed by atoms with Crippen LogP contribution in [-0.2, 0) is 13.1 Å². The highest BCUT2D eigenvalue weighted by Crippen LogP contribution is 1.81. The Balaban J connectivity index is 0.000000810. The summed E-state index contributed by atoms with van der Waals surface area (Å²) in [6.07, 6.45) is 6.28. The molecule has 58 valence electrons. The number of rotatable bonds is 2. The first-order valence-corrected chi connectivity index (χ1v) is 3.41. The largest absolute Gasteiger partial charge is 1.00 e. The molecule has 2 nitrogen and oxygen atoms in total. The van der Waals surface area contributed by atoms with Crippen molar-refractivity contribution in [3.05, 3.63) is 18.7 Å². The third-order valence-electron chi connectivity index (χ3n) is 1.48. The minimum Gasteiger partial charge on any atom is -1.00 e. The molecule has 0 N–H and O–H groups in total. The Morgan fingerprint density at radius 1 is 1.40 bits per heavy atom. The molecule has 1 heterocycles. The summed E-state index contributed by atoms with van der Waals surface area (Å²) in [6, 6.07) is 0. The van der Waals surface area contributed by atoms with Crippen molar-refractivity contribution in [3.8, 4) is 0 Å². The van der Waals surface area contributed by atoms with Crippen molar-refractivity contribution < 1.29 is 17.0 Å². The molecule has 0 saturated heterocycles. The molecular weight excluding hydrogens is 148 g/mol. The Bertz CT molecular complexity index is 165. The van der Waals surface area contributed by atoms with E-state index in [0.29, 0.717) is 0 Å². The molecule has 0 aliphatic rings. The molecule has 1 rings (SSSR count). The average Bonchev–Trinajstić information content (AvgIpc) is 2.34. The smallest absolute Gasteiger partial charge is 0.243 e. The maximum Gasteiger partial charge on any atom is 0.243 e. The second-order valence-electron chi connectivity index (χ2n) is 2.07. The molecule has 0 aliphatic heterocycles. The Morgan fingerprint density at radius 3 is 2.40 bits per heavy atom. The van der Waals surface area contributed by atoms with Gasteiger partial charge in [0.25, 0.3) is 0 Å². The first-order chi connectivity index (χ1) is 4.36. The van der Waals surface area contributed by atoms with Crippen LogP contribution in [0.25, 0.3) is 0 Å². The van der Waals surface area contributed by atoms with Gasteiger partial charge in [0.05, 0.1) is 13.1 Å². The third-order valence-corrected chi connectivity index (χ3v) is 1.48. The van der Waals surface area contributed by atoms with Gasteiger partial charge in [0.1, 0.15) is 12.4 Å². The fourth-order valence-electron chi connectivity index (χ4n) is 0.813. The number of aryl methyl sites for hydroxylation is 2. The summed E-state index contributed by atoms with van der Waals surface area (Å²) in [5.41, 5.74) is 0. The van der Waals surface area contributed by atoms with E-state index >= 15 is 0 Å². The number of imidazole rings is 1. The van der Waals surface area contributed by atoms with Crippen molar-refractivity contribution in [1.29, 1.82) is 0 Å². The first-order valence-electron chi connectivity index (χ1n) is 3.41. The monoisotopic (exact) mass is 160 g/mol. The van der Waals surface area contributed by atoms with Gasteiger partial charge in [-0.25, -0.2) is 9.13 Å². The van der Waals surface area contributed by atoms with Gasteiger partial charge in [-0.05, 0) is 13.8 Å². The van der Waals surface area contributed by atoms with Crippen LogP contribution < -0.4 is 17.0 Å². The normalized spacial score (nSPS) is 9.00. The van der Waals surface area contributed by atoms with E-state index < -0.39 is 0 Å². The van der Waals surface area contributed by atoms with Gasteiger partial charge in [-0.1, -0.05) is 0 Å². The Kier molecular flexibility index (Phi) is 4.12. The number of hydrogen-bond acceptors (Lipinski definition) is 0. The molecule has 0 saturated carbocycles. The molecule has 10 heavy (non-hydrogen) atoms. The molecule has 1 aromatic heterocycles. The summed E-state index contributed by atoms with van der Waals surface area (Å²) in [4.78, 5) is 0. The molecule has 0 amide bonds. The van der Waals surface area contributed by atoms with E-state index in [4.69, 9.17) is 0 Å². The number of hydrogen-bond donors (Lipinski definition) is 0. The minimum absolute atomic E-state index is 0. The Morgan fingerprint density at radius 2 is 2.10 bits per heavy atom. The quantitative estimate of drug-likeness (QED) is 0.435. The van der Waals surface area contributed by atoms with Crippen molar-refractivity contribution >= 4 is 0 Å². The molecule has 0 fully saturated rings. The van der Waals surface area contributed by atoms with Crippen molar-refractivity contribution in [2.75, 3.05) is 0 Å². The van der Waals surface area contributed by atoms with Gasteiger partial charge in [0, 0.05) is 0 Å². The maximum absolute atomic E-state index is 2.16. The van der Waals surface area contributed by atoms with Crippen LogP contribution in [-0.4, -0.2) is 4.57 Å². The van der Waals surface area contributed by atoms with Crippen molar-refractivity contribution in [2.24, 2.45) is 0 Å². The highest BCUT2D eigenvalue weighted by Gasteiger charge is 1.95. The fraction of sp³-hybridized carbons (Fsp3) is 0.571. The van der Waals surface area contributed by atoms with Crippen LogP contribution in [0, 0.1) is 0 Å². The standard InChI is InChI=1S/C7H13N2.ClH/c1-3-8-5-6-9(4-2)7-8;/h5-7H,3-4H2,1-2H3;1H/q+1;/p-1. The summed E-state index contributed by atoms with van der Waals surface area (Å²) in [6.45, 7) is 6.40. The van der Waals surface area contributed by atoms with Crippen LogP contribution in [0.15, 0.2) is 18.7 Å². The van der Waals surface area contributed by atoms with E-state index in [0.717, 1.165) is 13.1 Å². The molecule has 0 bridgehead atoms. The highest BCUT2D eigenvalue weighted by atomic mass is 35.5. The van der Waals surface area contributed by atoms with E-state index in [1.807, 2.05) is 0 Å². The second kappa shape index (κ2) is 4.34. The van der Waals surface area contributed by atoms with E-state index in [1.54, 1.807) is 0 Å². The lowest BCUT2D eigenvalue weighted by atomic mass is 10.7. The zero-order chi connectivity index (χ0) is 6.69. The van der Waals surface area contributed by atoms with Crippen LogP contribution in [0.5, 0.6) is 0 Å². The van der Waals surface area contributed by atoms with Gasteiger partial charge in [-0.2, -0.15) is 0 Å². The predicted octanol–water partition coefficient (Wildman–Crippen LogP) is -2.18. The van der Waals surface area contributed by atoms with Crippen LogP contribution >= 0.6 is 0 Å². The Hall–Kier alpha value is -0.500. The summed E-state index contributed by atoms with van der Waals surface area (Å²) in [5, 5.41) is 0. The van der Waals surface area contributed by atoms with Crippen LogP contribution in [0.2, 0.25) is 0 Å². The van der Waals surface area contributed by atoms with Crippen LogP contribution in [0.3, 0.4) is 0 Å². The van der Waals surface area contributed by atoms with Gasteiger partial charge < -0.3 is 12.4 Å². The van der Waals surface area contributed by atoms with Crippen molar-refractivity contribution in [2.45, 2.75) is 26.9 Å². The van der Waals surface area contributed by atoms with Gasteiger partial charge >= 0.3 is 0 Å². The van der Waals surface area contributed by atoms with Gasteiger partial charge in [-0.15, -0.1) is 0 Å². The molecule has 0 unspecified atom stereocenters. The fourth-order valence-corrected chi connectivity index (χ4v) is 0.813. The molecule has 0 radical (unpaired) electrons.